The molecule has 1 aromatic rings. The van der Waals surface area contributed by atoms with E-state index in [0.717, 1.165) is 30.9 Å². The monoisotopic (exact) mass is 293 g/mol. The van der Waals surface area contributed by atoms with Crippen LogP contribution in [-0.2, 0) is 6.54 Å². The third-order valence-corrected chi connectivity index (χ3v) is 4.40. The van der Waals surface area contributed by atoms with E-state index in [1.807, 2.05) is 6.07 Å². The summed E-state index contributed by atoms with van der Waals surface area (Å²) in [5, 5.41) is 3.39. The van der Waals surface area contributed by atoms with Gasteiger partial charge in [0, 0.05) is 43.4 Å². The molecule has 1 saturated heterocycles. The van der Waals surface area contributed by atoms with Crippen LogP contribution in [0.15, 0.2) is 18.2 Å². The van der Waals surface area contributed by atoms with Gasteiger partial charge in [0.25, 0.3) is 0 Å². The minimum absolute atomic E-state index is 0.134. The number of anilines is 1. The van der Waals surface area contributed by atoms with E-state index in [-0.39, 0.29) is 11.4 Å². The fraction of sp³-hybridized carbons (Fsp3) is 0.647. The Bertz CT molecular complexity index is 485. The second-order valence-corrected chi connectivity index (χ2v) is 6.96. The first-order chi connectivity index (χ1) is 9.79. The van der Waals surface area contributed by atoms with Gasteiger partial charge in [-0.2, -0.15) is 0 Å². The zero-order chi connectivity index (χ0) is 15.6. The Balaban J connectivity index is 2.22. The Labute approximate surface area is 128 Å². The summed E-state index contributed by atoms with van der Waals surface area (Å²) in [6.45, 7) is 12.4. The summed E-state index contributed by atoms with van der Waals surface area (Å²) < 4.78 is 13.6. The number of rotatable bonds is 4. The van der Waals surface area contributed by atoms with Crippen LogP contribution >= 0.6 is 0 Å². The summed E-state index contributed by atoms with van der Waals surface area (Å²) in [6.07, 6.45) is 0. The molecule has 21 heavy (non-hydrogen) atoms. The number of nitrogens with zero attached hydrogens (tertiary/aromatic N) is 2. The van der Waals surface area contributed by atoms with Gasteiger partial charge < -0.3 is 10.2 Å². The number of nitrogens with one attached hydrogen (secondary N) is 1. The van der Waals surface area contributed by atoms with Crippen LogP contribution in [0, 0.1) is 5.82 Å². The van der Waals surface area contributed by atoms with Gasteiger partial charge in [-0.25, -0.2) is 4.39 Å². The third kappa shape index (κ3) is 3.95. The maximum atomic E-state index is 13.6. The van der Waals surface area contributed by atoms with E-state index in [4.69, 9.17) is 0 Å². The lowest BCUT2D eigenvalue weighted by atomic mass is 9.98. The van der Waals surface area contributed by atoms with Crippen molar-refractivity contribution in [2.45, 2.75) is 45.8 Å². The molecular weight excluding hydrogens is 265 g/mol. The molecule has 1 aliphatic rings. The minimum Gasteiger partial charge on any atom is -0.368 e. The maximum Gasteiger partial charge on any atom is 0.123 e. The van der Waals surface area contributed by atoms with Crippen LogP contribution in [-0.4, -0.2) is 43.2 Å². The van der Waals surface area contributed by atoms with Gasteiger partial charge in [0.2, 0.25) is 0 Å². The molecule has 0 amide bonds. The molecule has 1 aromatic carbocycles. The molecule has 4 heteroatoms. The quantitative estimate of drug-likeness (QED) is 0.921. The lowest BCUT2D eigenvalue weighted by Gasteiger charge is -2.46. The van der Waals surface area contributed by atoms with E-state index in [9.17, 15) is 4.39 Å². The van der Waals surface area contributed by atoms with Crippen molar-refractivity contribution in [3.63, 3.8) is 0 Å². The van der Waals surface area contributed by atoms with E-state index >= 15 is 0 Å². The highest BCUT2D eigenvalue weighted by Gasteiger charge is 2.31. The lowest BCUT2D eigenvalue weighted by molar-refractivity contribution is 0.139. The van der Waals surface area contributed by atoms with E-state index in [1.54, 1.807) is 12.1 Å². The highest BCUT2D eigenvalue weighted by atomic mass is 19.1. The zero-order valence-corrected chi connectivity index (χ0v) is 13.9. The fourth-order valence-electron chi connectivity index (χ4n) is 2.76. The Morgan fingerprint density at radius 1 is 1.29 bits per heavy atom. The number of hydrogen-bond acceptors (Lipinski definition) is 3. The molecule has 0 radical (unpaired) electrons. The van der Waals surface area contributed by atoms with Crippen molar-refractivity contribution in [2.24, 2.45) is 0 Å². The van der Waals surface area contributed by atoms with Crippen molar-refractivity contribution in [3.05, 3.63) is 29.6 Å². The second kappa shape index (κ2) is 6.32. The summed E-state index contributed by atoms with van der Waals surface area (Å²) in [5.41, 5.74) is 2.34. The van der Waals surface area contributed by atoms with Gasteiger partial charge in [0.15, 0.2) is 0 Å². The molecule has 1 fully saturated rings. The van der Waals surface area contributed by atoms with E-state index < -0.39 is 0 Å². The molecule has 0 saturated carbocycles. The minimum atomic E-state index is -0.160. The molecule has 1 heterocycles. The summed E-state index contributed by atoms with van der Waals surface area (Å²) in [5.74, 6) is -0.160. The largest absolute Gasteiger partial charge is 0.368 e. The molecule has 0 aliphatic carbocycles. The highest BCUT2D eigenvalue weighted by Crippen LogP contribution is 2.28. The molecule has 0 spiro atoms. The summed E-state index contributed by atoms with van der Waals surface area (Å²) in [4.78, 5) is 4.77. The van der Waals surface area contributed by atoms with Crippen molar-refractivity contribution < 1.29 is 4.39 Å². The first-order valence-corrected chi connectivity index (χ1v) is 7.77. The van der Waals surface area contributed by atoms with Crippen molar-refractivity contribution in [1.29, 1.82) is 0 Å². The normalized spacial score (nSPS) is 19.3. The van der Waals surface area contributed by atoms with Crippen LogP contribution in [0.1, 0.15) is 33.3 Å². The SMILES string of the molecule is CC(C)NCc1cc(F)ccc1N1CCN(C)C(C)(C)C1. The molecule has 1 aliphatic heterocycles. The molecule has 3 nitrogen and oxygen atoms in total. The van der Waals surface area contributed by atoms with Crippen LogP contribution in [0.2, 0.25) is 0 Å². The Morgan fingerprint density at radius 3 is 2.62 bits per heavy atom. The van der Waals surface area contributed by atoms with E-state index in [0.29, 0.717) is 12.6 Å². The van der Waals surface area contributed by atoms with Gasteiger partial charge in [-0.15, -0.1) is 0 Å². The molecule has 2 rings (SSSR count). The van der Waals surface area contributed by atoms with Crippen molar-refractivity contribution >= 4 is 5.69 Å². The molecule has 0 atom stereocenters. The molecule has 0 aromatic heterocycles. The van der Waals surface area contributed by atoms with Crippen LogP contribution in [0.5, 0.6) is 0 Å². The van der Waals surface area contributed by atoms with Crippen molar-refractivity contribution in [2.75, 3.05) is 31.6 Å². The first kappa shape index (κ1) is 16.2. The Kier molecular flexibility index (Phi) is 4.89. The molecule has 1 N–H and O–H groups in total. The first-order valence-electron chi connectivity index (χ1n) is 7.77. The average Bonchev–Trinajstić information content (AvgIpc) is 2.39. The van der Waals surface area contributed by atoms with Crippen LogP contribution < -0.4 is 10.2 Å². The van der Waals surface area contributed by atoms with Crippen molar-refractivity contribution in [3.8, 4) is 0 Å². The predicted octanol–water partition coefficient (Wildman–Crippen LogP) is 2.85. The van der Waals surface area contributed by atoms with Gasteiger partial charge >= 0.3 is 0 Å². The van der Waals surface area contributed by atoms with Crippen LogP contribution in [0.4, 0.5) is 10.1 Å². The molecular formula is C17H28FN3. The van der Waals surface area contributed by atoms with Crippen LogP contribution in [0.3, 0.4) is 0 Å². The Morgan fingerprint density at radius 2 is 2.00 bits per heavy atom. The summed E-state index contributed by atoms with van der Waals surface area (Å²) in [6, 6.07) is 5.55. The van der Waals surface area contributed by atoms with Gasteiger partial charge in [-0.3, -0.25) is 4.90 Å². The standard InChI is InChI=1S/C17H28FN3/c1-13(2)19-11-14-10-15(18)6-7-16(14)21-9-8-20(5)17(3,4)12-21/h6-7,10,13,19H,8-9,11-12H2,1-5H3. The fourth-order valence-corrected chi connectivity index (χ4v) is 2.76. The predicted molar refractivity (Wildman–Crippen MR) is 87.3 cm³/mol. The number of benzene rings is 1. The molecule has 118 valence electrons. The van der Waals surface area contributed by atoms with Gasteiger partial charge in [-0.05, 0) is 44.7 Å². The van der Waals surface area contributed by atoms with Crippen LogP contribution in [0.25, 0.3) is 0 Å². The van der Waals surface area contributed by atoms with Gasteiger partial charge in [-0.1, -0.05) is 13.8 Å². The molecule has 0 bridgehead atoms. The van der Waals surface area contributed by atoms with Gasteiger partial charge in [0.1, 0.15) is 5.82 Å². The number of piperazine rings is 1. The third-order valence-electron chi connectivity index (χ3n) is 4.40. The lowest BCUT2D eigenvalue weighted by Crippen LogP contribution is -2.57. The van der Waals surface area contributed by atoms with E-state index in [2.05, 4.69) is 49.9 Å². The summed E-state index contributed by atoms with van der Waals surface area (Å²) in [7, 11) is 2.17. The summed E-state index contributed by atoms with van der Waals surface area (Å²) >= 11 is 0. The zero-order valence-electron chi connectivity index (χ0n) is 13.9. The topological polar surface area (TPSA) is 18.5 Å². The van der Waals surface area contributed by atoms with Crippen molar-refractivity contribution in [1.82, 2.24) is 10.2 Å². The highest BCUT2D eigenvalue weighted by molar-refractivity contribution is 5.54. The van der Waals surface area contributed by atoms with Gasteiger partial charge in [0.05, 0.1) is 0 Å². The number of hydrogen-bond donors (Lipinski definition) is 1. The average molecular weight is 293 g/mol. The number of likely N-dealkylation sites (N-methyl/N-ethyl adjacent to an activating group) is 1. The number of halogens is 1. The smallest absolute Gasteiger partial charge is 0.123 e. The Hall–Kier alpha value is -1.13. The maximum absolute atomic E-state index is 13.6. The second-order valence-electron chi connectivity index (χ2n) is 6.96. The van der Waals surface area contributed by atoms with E-state index in [1.165, 1.54) is 0 Å². The molecule has 0 unspecified atom stereocenters.